The maximum absolute atomic E-state index is 8.74. The van der Waals surface area contributed by atoms with Crippen molar-refractivity contribution in [1.29, 1.82) is 5.41 Å². The first-order chi connectivity index (χ1) is 13.6. The lowest BCUT2D eigenvalue weighted by Crippen LogP contribution is -2.38. The summed E-state index contributed by atoms with van der Waals surface area (Å²) < 4.78 is 0. The van der Waals surface area contributed by atoms with Crippen molar-refractivity contribution in [3.63, 3.8) is 0 Å². The van der Waals surface area contributed by atoms with Gasteiger partial charge in [-0.3, -0.25) is 20.7 Å². The average Bonchev–Trinajstić information content (AvgIpc) is 2.82. The first kappa shape index (κ1) is 24.8. The Labute approximate surface area is 177 Å². The molecule has 0 spiro atoms. The molecule has 1 rings (SSSR count). The van der Waals surface area contributed by atoms with Crippen LogP contribution in [0.2, 0.25) is 0 Å². The molecule has 29 heavy (non-hydrogen) atoms. The van der Waals surface area contributed by atoms with E-state index in [1.165, 1.54) is 5.57 Å². The second-order valence-corrected chi connectivity index (χ2v) is 8.21. The zero-order valence-corrected chi connectivity index (χ0v) is 19.4. The third-order valence-electron chi connectivity index (χ3n) is 5.51. The van der Waals surface area contributed by atoms with E-state index in [0.717, 1.165) is 35.5 Å². The van der Waals surface area contributed by atoms with Gasteiger partial charge in [0.05, 0.1) is 6.67 Å². The van der Waals surface area contributed by atoms with E-state index in [-0.39, 0.29) is 11.3 Å². The van der Waals surface area contributed by atoms with E-state index in [1.54, 1.807) is 6.20 Å². The Morgan fingerprint density at radius 3 is 2.52 bits per heavy atom. The molecule has 0 aromatic rings. The Bertz CT molecular complexity index is 749. The predicted octanol–water partition coefficient (Wildman–Crippen LogP) is 5.35. The van der Waals surface area contributed by atoms with Gasteiger partial charge in [0.15, 0.2) is 0 Å². The van der Waals surface area contributed by atoms with Crippen LogP contribution in [0.3, 0.4) is 0 Å². The van der Waals surface area contributed by atoms with Crippen molar-refractivity contribution in [2.45, 2.75) is 54.4 Å². The molecule has 0 aromatic carbocycles. The van der Waals surface area contributed by atoms with Crippen LogP contribution < -0.4 is 5.32 Å². The maximum atomic E-state index is 8.74. The molecule has 1 saturated heterocycles. The van der Waals surface area contributed by atoms with E-state index in [4.69, 9.17) is 5.41 Å². The monoisotopic (exact) mass is 397 g/mol. The number of likely N-dealkylation sites (tertiary alicyclic amines) is 1. The largest absolute Gasteiger partial charge is 0.316 e. The standard InChI is InChI=1S/C24H39N5/c1-10-12-21(17(3)13-18(4)26-9)14-22-20(6)24(7,8)23(25)29(22)16-27-15-19(5)28-11-2/h11,13-14,21,25,27H,2,6,10,12,15-16H2,1,3-5,7-9H3/b17-13+,22-14+,25-23?,26-18-,28-19-. The van der Waals surface area contributed by atoms with Crippen molar-refractivity contribution in [2.24, 2.45) is 21.3 Å². The van der Waals surface area contributed by atoms with Gasteiger partial charge in [0.25, 0.3) is 0 Å². The average molecular weight is 398 g/mol. The molecule has 0 amide bonds. The van der Waals surface area contributed by atoms with Crippen molar-refractivity contribution in [3.05, 3.63) is 48.4 Å². The lowest BCUT2D eigenvalue weighted by molar-refractivity contribution is 0.471. The number of aliphatic imine (C=N–C) groups is 2. The molecule has 1 fully saturated rings. The van der Waals surface area contributed by atoms with Gasteiger partial charge in [0, 0.05) is 48.2 Å². The minimum atomic E-state index is -0.382. The van der Waals surface area contributed by atoms with E-state index < -0.39 is 0 Å². The summed E-state index contributed by atoms with van der Waals surface area (Å²) in [6.07, 6.45) is 8.14. The van der Waals surface area contributed by atoms with Gasteiger partial charge in [-0.1, -0.05) is 38.2 Å². The number of hydrogen-bond donors (Lipinski definition) is 2. The molecule has 160 valence electrons. The third kappa shape index (κ3) is 6.36. The first-order valence-electron chi connectivity index (χ1n) is 10.3. The number of nitrogens with one attached hydrogen (secondary N) is 2. The summed E-state index contributed by atoms with van der Waals surface area (Å²) >= 11 is 0. The van der Waals surface area contributed by atoms with Crippen molar-refractivity contribution in [3.8, 4) is 0 Å². The van der Waals surface area contributed by atoms with Crippen molar-refractivity contribution in [1.82, 2.24) is 10.2 Å². The molecule has 1 heterocycles. The second kappa shape index (κ2) is 11.1. The quantitative estimate of drug-likeness (QED) is 0.488. The van der Waals surface area contributed by atoms with Gasteiger partial charge in [-0.05, 0) is 52.7 Å². The van der Waals surface area contributed by atoms with E-state index in [0.29, 0.717) is 19.0 Å². The van der Waals surface area contributed by atoms with Crippen LogP contribution in [-0.2, 0) is 0 Å². The highest BCUT2D eigenvalue weighted by Crippen LogP contribution is 2.43. The van der Waals surface area contributed by atoms with Gasteiger partial charge >= 0.3 is 0 Å². The number of nitrogens with zero attached hydrogens (tertiary/aromatic N) is 3. The van der Waals surface area contributed by atoms with Gasteiger partial charge in [-0.2, -0.15) is 0 Å². The van der Waals surface area contributed by atoms with Gasteiger partial charge in [0.1, 0.15) is 5.84 Å². The fraction of sp³-hybridized carbons (Fsp3) is 0.542. The Morgan fingerprint density at radius 2 is 1.97 bits per heavy atom. The molecule has 0 aromatic heterocycles. The first-order valence-corrected chi connectivity index (χ1v) is 10.3. The number of amidine groups is 1. The summed E-state index contributed by atoms with van der Waals surface area (Å²) in [5, 5.41) is 12.1. The summed E-state index contributed by atoms with van der Waals surface area (Å²) in [7, 11) is 1.82. The third-order valence-corrected chi connectivity index (χ3v) is 5.51. The van der Waals surface area contributed by atoms with Gasteiger partial charge in [-0.25, -0.2) is 0 Å². The Morgan fingerprint density at radius 1 is 1.31 bits per heavy atom. The predicted molar refractivity (Wildman–Crippen MR) is 128 cm³/mol. The van der Waals surface area contributed by atoms with Crippen molar-refractivity contribution >= 4 is 17.3 Å². The van der Waals surface area contributed by atoms with E-state index >= 15 is 0 Å². The molecule has 2 N–H and O–H groups in total. The Kier molecular flexibility index (Phi) is 9.44. The fourth-order valence-corrected chi connectivity index (χ4v) is 3.43. The SMILES string of the molecule is C=C/N=C(/C)CNCN1C(=N)C(C)(C)C(=C)/C1=C\C(CCC)/C(C)=C/C(C)=N\C. The summed E-state index contributed by atoms with van der Waals surface area (Å²) in [6, 6.07) is 0. The summed E-state index contributed by atoms with van der Waals surface area (Å²) in [5.74, 6) is 0.861. The van der Waals surface area contributed by atoms with Crippen LogP contribution in [0.1, 0.15) is 54.4 Å². The van der Waals surface area contributed by atoms with E-state index in [2.05, 4.69) is 68.3 Å². The Hall–Kier alpha value is -2.27. The number of allylic oxidation sites excluding steroid dienone is 4. The van der Waals surface area contributed by atoms with Crippen LogP contribution in [0.15, 0.2) is 58.3 Å². The second-order valence-electron chi connectivity index (χ2n) is 8.21. The fourth-order valence-electron chi connectivity index (χ4n) is 3.43. The number of hydrogen-bond acceptors (Lipinski definition) is 4. The highest BCUT2D eigenvalue weighted by molar-refractivity contribution is 5.95. The maximum Gasteiger partial charge on any atom is 0.112 e. The lowest BCUT2D eigenvalue weighted by atomic mass is 9.85. The van der Waals surface area contributed by atoms with E-state index in [1.807, 2.05) is 25.8 Å². The van der Waals surface area contributed by atoms with Gasteiger partial charge in [-0.15, -0.1) is 0 Å². The van der Waals surface area contributed by atoms with E-state index in [9.17, 15) is 0 Å². The zero-order valence-electron chi connectivity index (χ0n) is 19.4. The van der Waals surface area contributed by atoms with Crippen LogP contribution in [-0.4, -0.2) is 42.4 Å². The molecule has 1 atom stereocenters. The zero-order chi connectivity index (χ0) is 22.2. The van der Waals surface area contributed by atoms with Crippen molar-refractivity contribution < 1.29 is 0 Å². The molecule has 0 bridgehead atoms. The minimum Gasteiger partial charge on any atom is -0.316 e. The van der Waals surface area contributed by atoms with Crippen LogP contribution in [0.25, 0.3) is 0 Å². The van der Waals surface area contributed by atoms with Crippen LogP contribution >= 0.6 is 0 Å². The molecule has 5 heteroatoms. The lowest BCUT2D eigenvalue weighted by Gasteiger charge is -2.24. The minimum absolute atomic E-state index is 0.289. The Balaban J connectivity index is 3.23. The normalized spacial score (nSPS) is 20.6. The molecule has 1 aliphatic heterocycles. The summed E-state index contributed by atoms with van der Waals surface area (Å²) in [5.41, 5.74) is 4.93. The molecular formula is C24H39N5. The van der Waals surface area contributed by atoms with Crippen LogP contribution in [0.5, 0.6) is 0 Å². The van der Waals surface area contributed by atoms with Gasteiger partial charge < -0.3 is 4.90 Å². The van der Waals surface area contributed by atoms with Gasteiger partial charge in [0.2, 0.25) is 0 Å². The topological polar surface area (TPSA) is 63.8 Å². The molecule has 5 nitrogen and oxygen atoms in total. The molecule has 1 unspecified atom stereocenters. The molecule has 0 saturated carbocycles. The number of rotatable bonds is 10. The molecular weight excluding hydrogens is 358 g/mol. The highest BCUT2D eigenvalue weighted by Gasteiger charge is 2.42. The van der Waals surface area contributed by atoms with Crippen LogP contribution in [0.4, 0.5) is 0 Å². The van der Waals surface area contributed by atoms with Crippen molar-refractivity contribution in [2.75, 3.05) is 20.3 Å². The molecule has 0 aliphatic carbocycles. The summed E-state index contributed by atoms with van der Waals surface area (Å²) in [4.78, 5) is 10.5. The highest BCUT2D eigenvalue weighted by atomic mass is 15.3. The summed E-state index contributed by atoms with van der Waals surface area (Å²) in [6.45, 7) is 21.7. The molecule has 1 aliphatic rings. The van der Waals surface area contributed by atoms with Crippen LogP contribution in [0, 0.1) is 16.7 Å². The smallest absolute Gasteiger partial charge is 0.112 e. The molecule has 0 radical (unpaired) electrons.